The van der Waals surface area contributed by atoms with Gasteiger partial charge in [-0.05, 0) is 55.9 Å². The second-order valence-corrected chi connectivity index (χ2v) is 9.58. The maximum Gasteiger partial charge on any atom is 0.355 e. The van der Waals surface area contributed by atoms with E-state index in [0.717, 1.165) is 42.9 Å². The molecule has 0 aromatic heterocycles. The fourth-order valence-corrected chi connectivity index (χ4v) is 3.92. The van der Waals surface area contributed by atoms with E-state index in [-0.39, 0.29) is 12.2 Å². The number of carbonyl (C=O) groups is 1. The van der Waals surface area contributed by atoms with Crippen molar-refractivity contribution in [2.45, 2.75) is 60.9 Å². The van der Waals surface area contributed by atoms with Crippen molar-refractivity contribution in [3.8, 4) is 0 Å². The minimum absolute atomic E-state index is 0.199. The monoisotopic (exact) mass is 515 g/mol. The van der Waals surface area contributed by atoms with Crippen LogP contribution in [0.4, 0.5) is 5.69 Å². The number of aliphatic carboxylic acids is 1. The van der Waals surface area contributed by atoms with Gasteiger partial charge in [0, 0.05) is 43.0 Å². The SMILES string of the molecule is C=C(NC)c1cc(Cl)cc(CN/C(=C/C=C\C)C(=N)C(=O)O)c1N=C(C)N1CCC(C)(C)CC1.CC. The van der Waals surface area contributed by atoms with Crippen molar-refractivity contribution < 1.29 is 9.90 Å². The van der Waals surface area contributed by atoms with E-state index in [1.54, 1.807) is 25.3 Å². The Morgan fingerprint density at radius 1 is 1.31 bits per heavy atom. The van der Waals surface area contributed by atoms with Gasteiger partial charge < -0.3 is 20.6 Å². The molecular formula is C28H42ClN5O2. The number of carboxylic acid groups (broad SMARTS) is 1. The van der Waals surface area contributed by atoms with Crippen LogP contribution in [0.1, 0.15) is 65.5 Å². The Kier molecular flexibility index (Phi) is 12.5. The van der Waals surface area contributed by atoms with Gasteiger partial charge in [-0.1, -0.05) is 58.0 Å². The fourth-order valence-electron chi connectivity index (χ4n) is 3.68. The summed E-state index contributed by atoms with van der Waals surface area (Å²) in [6.45, 7) is 18.6. The lowest BCUT2D eigenvalue weighted by Crippen LogP contribution is -2.40. The number of aliphatic imine (C=N–C) groups is 1. The molecule has 36 heavy (non-hydrogen) atoms. The number of nitrogens with zero attached hydrogens (tertiary/aromatic N) is 2. The fraction of sp³-hybridized carbons (Fsp3) is 0.464. The second-order valence-electron chi connectivity index (χ2n) is 9.14. The number of hydrogen-bond donors (Lipinski definition) is 4. The molecule has 1 heterocycles. The summed E-state index contributed by atoms with van der Waals surface area (Å²) in [5.74, 6) is -0.395. The van der Waals surface area contributed by atoms with Gasteiger partial charge in [-0.15, -0.1) is 0 Å². The van der Waals surface area contributed by atoms with Crippen molar-refractivity contribution in [3.63, 3.8) is 0 Å². The van der Waals surface area contributed by atoms with Gasteiger partial charge in [0.15, 0.2) is 5.71 Å². The molecule has 1 fully saturated rings. The number of benzene rings is 1. The normalized spacial score (nSPS) is 15.7. The molecule has 0 aliphatic carbocycles. The van der Waals surface area contributed by atoms with E-state index < -0.39 is 11.7 Å². The Morgan fingerprint density at radius 3 is 2.44 bits per heavy atom. The molecule has 0 spiro atoms. The van der Waals surface area contributed by atoms with Gasteiger partial charge >= 0.3 is 5.97 Å². The molecule has 8 heteroatoms. The first-order valence-corrected chi connectivity index (χ1v) is 12.8. The molecule has 0 amide bonds. The van der Waals surface area contributed by atoms with E-state index in [0.29, 0.717) is 21.8 Å². The minimum atomic E-state index is -1.30. The molecule has 1 saturated heterocycles. The maximum atomic E-state index is 11.4. The molecular weight excluding hydrogens is 474 g/mol. The summed E-state index contributed by atoms with van der Waals surface area (Å²) in [6.07, 6.45) is 7.22. The highest BCUT2D eigenvalue weighted by atomic mass is 35.5. The number of carboxylic acids is 1. The number of piperidine rings is 1. The van der Waals surface area contributed by atoms with Gasteiger partial charge in [-0.3, -0.25) is 5.41 Å². The molecule has 1 aromatic rings. The van der Waals surface area contributed by atoms with E-state index in [4.69, 9.17) is 22.0 Å². The molecule has 0 bridgehead atoms. The number of allylic oxidation sites excluding steroid dienone is 3. The third kappa shape index (κ3) is 8.86. The topological polar surface area (TPSA) is 101 Å². The number of likely N-dealkylation sites (tertiary alicyclic amines) is 1. The Bertz CT molecular complexity index is 1030. The van der Waals surface area contributed by atoms with Crippen LogP contribution in [-0.2, 0) is 11.3 Å². The van der Waals surface area contributed by atoms with E-state index in [1.165, 1.54) is 0 Å². The number of rotatable bonds is 9. The standard InChI is InChI=1S/C26H36ClN5O2.C2H6/c1-7-8-9-22(23(28)25(33)34)30-16-19-14-20(27)15-21(17(2)29-6)24(19)31-18(3)32-12-10-26(4,5)11-13-32;1-2/h7-9,14-15,28-30H,2,10-13,16H2,1,3-6H3,(H,33,34);1-2H3/b8-7-,22-9+,28-23?,31-18?;. The van der Waals surface area contributed by atoms with Crippen LogP contribution in [0.2, 0.25) is 5.02 Å². The zero-order valence-electron chi connectivity index (χ0n) is 22.8. The molecule has 0 atom stereocenters. The lowest BCUT2D eigenvalue weighted by Gasteiger charge is -2.38. The minimum Gasteiger partial charge on any atom is -0.476 e. The molecule has 2 rings (SSSR count). The Labute approximate surface area is 221 Å². The van der Waals surface area contributed by atoms with E-state index in [9.17, 15) is 9.90 Å². The number of nitrogens with one attached hydrogen (secondary N) is 3. The van der Waals surface area contributed by atoms with Crippen LogP contribution < -0.4 is 10.6 Å². The molecule has 7 nitrogen and oxygen atoms in total. The van der Waals surface area contributed by atoms with Crippen molar-refractivity contribution in [2.24, 2.45) is 10.4 Å². The lowest BCUT2D eigenvalue weighted by molar-refractivity contribution is -0.129. The highest BCUT2D eigenvalue weighted by molar-refractivity contribution is 6.41. The van der Waals surface area contributed by atoms with Crippen LogP contribution >= 0.6 is 11.6 Å². The first-order valence-electron chi connectivity index (χ1n) is 12.4. The summed E-state index contributed by atoms with van der Waals surface area (Å²) >= 11 is 6.43. The first-order chi connectivity index (χ1) is 17.0. The van der Waals surface area contributed by atoms with Crippen LogP contribution in [0.3, 0.4) is 0 Å². The van der Waals surface area contributed by atoms with Crippen LogP contribution in [0.15, 0.2) is 47.6 Å². The Morgan fingerprint density at radius 2 is 1.92 bits per heavy atom. The van der Waals surface area contributed by atoms with Crippen molar-refractivity contribution in [1.29, 1.82) is 5.41 Å². The lowest BCUT2D eigenvalue weighted by atomic mass is 9.83. The molecule has 4 N–H and O–H groups in total. The Hall–Kier alpha value is -3.06. The highest BCUT2D eigenvalue weighted by Gasteiger charge is 2.26. The Balaban J connectivity index is 0.00000316. The van der Waals surface area contributed by atoms with Crippen molar-refractivity contribution >= 4 is 40.5 Å². The van der Waals surface area contributed by atoms with Gasteiger partial charge in [0.05, 0.1) is 11.4 Å². The molecule has 1 aliphatic rings. The molecule has 0 saturated carbocycles. The number of halogens is 1. The zero-order valence-corrected chi connectivity index (χ0v) is 23.5. The maximum absolute atomic E-state index is 11.4. The quantitative estimate of drug-likeness (QED) is 0.173. The third-order valence-electron chi connectivity index (χ3n) is 6.04. The summed E-state index contributed by atoms with van der Waals surface area (Å²) in [5.41, 5.74) is 2.96. The summed E-state index contributed by atoms with van der Waals surface area (Å²) in [7, 11) is 1.79. The first kappa shape index (κ1) is 31.0. The predicted molar refractivity (Wildman–Crippen MR) is 153 cm³/mol. The largest absolute Gasteiger partial charge is 0.476 e. The smallest absolute Gasteiger partial charge is 0.355 e. The van der Waals surface area contributed by atoms with Crippen LogP contribution in [0.5, 0.6) is 0 Å². The van der Waals surface area contributed by atoms with Gasteiger partial charge in [0.1, 0.15) is 5.84 Å². The summed E-state index contributed by atoms with van der Waals surface area (Å²) in [6, 6.07) is 3.63. The average molecular weight is 516 g/mol. The predicted octanol–water partition coefficient (Wildman–Crippen LogP) is 6.38. The van der Waals surface area contributed by atoms with E-state index in [2.05, 4.69) is 36.0 Å². The summed E-state index contributed by atoms with van der Waals surface area (Å²) in [5, 5.41) is 23.9. The van der Waals surface area contributed by atoms with Crippen molar-refractivity contribution in [2.75, 3.05) is 20.1 Å². The van der Waals surface area contributed by atoms with Crippen LogP contribution in [0.25, 0.3) is 5.70 Å². The van der Waals surface area contributed by atoms with E-state index >= 15 is 0 Å². The second kappa shape index (κ2) is 14.5. The van der Waals surface area contributed by atoms with Crippen molar-refractivity contribution in [3.05, 3.63) is 58.8 Å². The van der Waals surface area contributed by atoms with Crippen molar-refractivity contribution in [1.82, 2.24) is 15.5 Å². The summed E-state index contributed by atoms with van der Waals surface area (Å²) in [4.78, 5) is 18.7. The molecule has 1 aliphatic heterocycles. The third-order valence-corrected chi connectivity index (χ3v) is 6.25. The number of hydrogen-bond acceptors (Lipinski definition) is 5. The van der Waals surface area contributed by atoms with Gasteiger partial charge in [0.25, 0.3) is 0 Å². The molecule has 0 radical (unpaired) electrons. The van der Waals surface area contributed by atoms with E-state index in [1.807, 2.05) is 39.8 Å². The van der Waals surface area contributed by atoms with Gasteiger partial charge in [-0.2, -0.15) is 0 Å². The van der Waals surface area contributed by atoms with Crippen LogP contribution in [-0.4, -0.2) is 47.7 Å². The van der Waals surface area contributed by atoms with Crippen LogP contribution in [0, 0.1) is 10.8 Å². The molecule has 1 aromatic carbocycles. The molecule has 0 unspecified atom stereocenters. The zero-order chi connectivity index (χ0) is 27.5. The highest BCUT2D eigenvalue weighted by Crippen LogP contribution is 2.34. The number of amidine groups is 1. The van der Waals surface area contributed by atoms with Gasteiger partial charge in [0.2, 0.25) is 0 Å². The molecule has 198 valence electrons. The van der Waals surface area contributed by atoms with Gasteiger partial charge in [-0.25, -0.2) is 9.79 Å². The summed E-state index contributed by atoms with van der Waals surface area (Å²) < 4.78 is 0. The average Bonchev–Trinajstić information content (AvgIpc) is 2.85.